The van der Waals surface area contributed by atoms with E-state index >= 15 is 0 Å². The second-order valence-electron chi connectivity index (χ2n) is 5.90. The van der Waals surface area contributed by atoms with Crippen LogP contribution in [0, 0.1) is 0 Å². The first-order valence-corrected chi connectivity index (χ1v) is 7.51. The number of anilines is 1. The number of likely N-dealkylation sites (N-methyl/N-ethyl adjacent to an activating group) is 1. The second-order valence-corrected chi connectivity index (χ2v) is 5.90. The summed E-state index contributed by atoms with van der Waals surface area (Å²) in [5, 5.41) is 14.8. The topological polar surface area (TPSA) is 87.4 Å². The van der Waals surface area contributed by atoms with Crippen LogP contribution < -0.4 is 4.90 Å². The molecule has 1 saturated heterocycles. The van der Waals surface area contributed by atoms with Gasteiger partial charge in [-0.2, -0.15) is 5.10 Å². The molecule has 0 spiro atoms. The summed E-state index contributed by atoms with van der Waals surface area (Å²) >= 11 is 0. The summed E-state index contributed by atoms with van der Waals surface area (Å²) < 4.78 is 1.57. The molecular weight excluding hydrogens is 296 g/mol. The third-order valence-corrected chi connectivity index (χ3v) is 3.98. The van der Waals surface area contributed by atoms with E-state index in [-0.39, 0.29) is 19.0 Å². The van der Waals surface area contributed by atoms with E-state index in [4.69, 9.17) is 0 Å². The highest BCUT2D eigenvalue weighted by Gasteiger charge is 2.38. The van der Waals surface area contributed by atoms with E-state index in [0.29, 0.717) is 25.5 Å². The van der Waals surface area contributed by atoms with Gasteiger partial charge in [0.2, 0.25) is 11.9 Å². The normalized spacial score (nSPS) is 20.7. The molecule has 1 atom stereocenters. The van der Waals surface area contributed by atoms with E-state index < -0.39 is 5.60 Å². The van der Waals surface area contributed by atoms with Gasteiger partial charge in [0.25, 0.3) is 0 Å². The van der Waals surface area contributed by atoms with Crippen LogP contribution in [0.2, 0.25) is 0 Å². The van der Waals surface area contributed by atoms with Crippen molar-refractivity contribution in [1.82, 2.24) is 24.6 Å². The molecule has 1 amide bonds. The summed E-state index contributed by atoms with van der Waals surface area (Å²) in [6.07, 6.45) is 7.31. The van der Waals surface area contributed by atoms with Crippen LogP contribution >= 0.6 is 0 Å². The van der Waals surface area contributed by atoms with Crippen LogP contribution in [0.25, 0.3) is 0 Å². The lowest BCUT2D eigenvalue weighted by molar-refractivity contribution is -0.133. The third-order valence-electron chi connectivity index (χ3n) is 3.98. The van der Waals surface area contributed by atoms with Crippen LogP contribution in [-0.4, -0.2) is 67.9 Å². The number of hydrogen-bond donors (Lipinski definition) is 1. The number of amides is 1. The highest BCUT2D eigenvalue weighted by molar-refractivity contribution is 5.75. The number of aliphatic hydroxyl groups is 1. The molecule has 1 aliphatic rings. The number of hydrogen-bond acceptors (Lipinski definition) is 6. The van der Waals surface area contributed by atoms with Crippen molar-refractivity contribution in [3.8, 4) is 0 Å². The molecule has 3 rings (SSSR count). The molecule has 122 valence electrons. The van der Waals surface area contributed by atoms with E-state index in [1.807, 2.05) is 4.90 Å². The maximum atomic E-state index is 12.2. The molecule has 8 nitrogen and oxygen atoms in total. The summed E-state index contributed by atoms with van der Waals surface area (Å²) in [7, 11) is 1.70. The van der Waals surface area contributed by atoms with Crippen LogP contribution in [0.15, 0.2) is 36.9 Å². The van der Waals surface area contributed by atoms with E-state index in [0.717, 1.165) is 0 Å². The number of carbonyl (C=O) groups is 1. The number of rotatable bonds is 5. The lowest BCUT2D eigenvalue weighted by Crippen LogP contribution is -2.46. The summed E-state index contributed by atoms with van der Waals surface area (Å²) in [5.74, 6) is 0.519. The molecule has 2 aromatic rings. The molecule has 2 aromatic heterocycles. The van der Waals surface area contributed by atoms with Crippen molar-refractivity contribution in [1.29, 1.82) is 0 Å². The molecule has 1 unspecified atom stereocenters. The second kappa shape index (κ2) is 6.33. The minimum atomic E-state index is -0.951. The Labute approximate surface area is 134 Å². The molecule has 23 heavy (non-hydrogen) atoms. The fraction of sp³-hybridized carbons (Fsp3) is 0.467. The van der Waals surface area contributed by atoms with Crippen LogP contribution in [0.5, 0.6) is 0 Å². The first-order valence-electron chi connectivity index (χ1n) is 7.51. The number of β-amino-alcohol motifs (C(OH)–C–C–N with tert-alkyl or cyclic N) is 1. The summed E-state index contributed by atoms with van der Waals surface area (Å²) in [5.41, 5.74) is -0.951. The maximum Gasteiger partial charge on any atom is 0.244 e. The van der Waals surface area contributed by atoms with Gasteiger partial charge in [-0.3, -0.25) is 9.48 Å². The van der Waals surface area contributed by atoms with Crippen LogP contribution in [0.4, 0.5) is 5.95 Å². The zero-order chi connectivity index (χ0) is 16.3. The fourth-order valence-electron chi connectivity index (χ4n) is 2.79. The molecule has 0 aliphatic carbocycles. The Morgan fingerprint density at radius 2 is 2.13 bits per heavy atom. The average Bonchev–Trinajstić information content (AvgIpc) is 3.18. The number of aromatic nitrogens is 4. The van der Waals surface area contributed by atoms with Gasteiger partial charge in [-0.1, -0.05) is 0 Å². The highest BCUT2D eigenvalue weighted by atomic mass is 16.3. The number of carbonyl (C=O) groups excluding carboxylic acids is 1. The van der Waals surface area contributed by atoms with Gasteiger partial charge in [-0.25, -0.2) is 9.97 Å². The summed E-state index contributed by atoms with van der Waals surface area (Å²) in [6.45, 7) is 1.53. The van der Waals surface area contributed by atoms with Crippen LogP contribution in [0.1, 0.15) is 6.42 Å². The van der Waals surface area contributed by atoms with Gasteiger partial charge in [-0.05, 0) is 18.6 Å². The Hall–Kier alpha value is -2.48. The molecule has 8 heteroatoms. The van der Waals surface area contributed by atoms with E-state index in [2.05, 4.69) is 15.1 Å². The van der Waals surface area contributed by atoms with Crippen molar-refractivity contribution in [2.75, 3.05) is 31.6 Å². The Morgan fingerprint density at radius 1 is 1.35 bits per heavy atom. The lowest BCUT2D eigenvalue weighted by atomic mass is 10.0. The predicted molar refractivity (Wildman–Crippen MR) is 83.7 cm³/mol. The minimum absolute atomic E-state index is 0.0865. The SMILES string of the molecule is CN(CC1(O)CCN(c2ncccn2)C1)C(=O)Cn1cccn1. The number of nitrogens with zero attached hydrogens (tertiary/aromatic N) is 6. The predicted octanol–water partition coefficient (Wildman–Crippen LogP) is -0.227. The van der Waals surface area contributed by atoms with Gasteiger partial charge in [0.05, 0.1) is 13.1 Å². The van der Waals surface area contributed by atoms with Gasteiger partial charge in [0, 0.05) is 38.4 Å². The van der Waals surface area contributed by atoms with Gasteiger partial charge in [-0.15, -0.1) is 0 Å². The largest absolute Gasteiger partial charge is 0.386 e. The highest BCUT2D eigenvalue weighted by Crippen LogP contribution is 2.25. The first kappa shape index (κ1) is 15.4. The average molecular weight is 316 g/mol. The molecule has 3 heterocycles. The third kappa shape index (κ3) is 3.65. The van der Waals surface area contributed by atoms with Gasteiger partial charge in [0.15, 0.2) is 0 Å². The maximum absolute atomic E-state index is 12.2. The first-order chi connectivity index (χ1) is 11.1. The monoisotopic (exact) mass is 316 g/mol. The molecule has 1 fully saturated rings. The van der Waals surface area contributed by atoms with Crippen molar-refractivity contribution in [3.05, 3.63) is 36.9 Å². The van der Waals surface area contributed by atoms with Crippen molar-refractivity contribution >= 4 is 11.9 Å². The van der Waals surface area contributed by atoms with Gasteiger partial charge in [0.1, 0.15) is 12.1 Å². The molecule has 1 N–H and O–H groups in total. The Kier molecular flexibility index (Phi) is 4.24. The van der Waals surface area contributed by atoms with Gasteiger partial charge >= 0.3 is 0 Å². The van der Waals surface area contributed by atoms with Crippen LogP contribution in [-0.2, 0) is 11.3 Å². The Bertz CT molecular complexity index is 647. The zero-order valence-electron chi connectivity index (χ0n) is 13.0. The smallest absolute Gasteiger partial charge is 0.244 e. The molecule has 0 saturated carbocycles. The lowest BCUT2D eigenvalue weighted by Gasteiger charge is -2.29. The van der Waals surface area contributed by atoms with Gasteiger partial charge < -0.3 is 14.9 Å². The summed E-state index contributed by atoms with van der Waals surface area (Å²) in [6, 6.07) is 3.53. The quantitative estimate of drug-likeness (QED) is 0.820. The van der Waals surface area contributed by atoms with Crippen molar-refractivity contribution in [2.24, 2.45) is 0 Å². The molecule has 0 radical (unpaired) electrons. The molecule has 0 aromatic carbocycles. The summed E-state index contributed by atoms with van der Waals surface area (Å²) in [4.78, 5) is 24.1. The fourth-order valence-corrected chi connectivity index (χ4v) is 2.79. The van der Waals surface area contributed by atoms with E-state index in [1.54, 1.807) is 53.5 Å². The standard InChI is InChI=1S/C15H20N6O2/c1-19(13(22)10-21-8-3-7-18-21)11-15(23)4-9-20(12-15)14-16-5-2-6-17-14/h2-3,5-8,23H,4,9-12H2,1H3. The Morgan fingerprint density at radius 3 is 2.83 bits per heavy atom. The Balaban J connectivity index is 1.58. The molecule has 0 bridgehead atoms. The van der Waals surface area contributed by atoms with Crippen LogP contribution in [0.3, 0.4) is 0 Å². The molecule has 1 aliphatic heterocycles. The van der Waals surface area contributed by atoms with E-state index in [1.165, 1.54) is 0 Å². The zero-order valence-corrected chi connectivity index (χ0v) is 13.0. The van der Waals surface area contributed by atoms with Crippen molar-refractivity contribution in [2.45, 2.75) is 18.6 Å². The van der Waals surface area contributed by atoms with Crippen molar-refractivity contribution < 1.29 is 9.90 Å². The van der Waals surface area contributed by atoms with E-state index in [9.17, 15) is 9.90 Å². The molecular formula is C15H20N6O2. The minimum Gasteiger partial charge on any atom is -0.386 e. The van der Waals surface area contributed by atoms with Crippen molar-refractivity contribution in [3.63, 3.8) is 0 Å².